The van der Waals surface area contributed by atoms with E-state index in [-0.39, 0.29) is 24.9 Å². The third-order valence-corrected chi connectivity index (χ3v) is 5.09. The van der Waals surface area contributed by atoms with Crippen molar-refractivity contribution in [3.05, 3.63) is 101 Å². The molecule has 2 amide bonds. The molecule has 0 unspecified atom stereocenters. The molecule has 0 bridgehead atoms. The molecule has 0 saturated heterocycles. The van der Waals surface area contributed by atoms with Crippen molar-refractivity contribution in [3.63, 3.8) is 0 Å². The Labute approximate surface area is 180 Å². The number of rotatable bonds is 7. The van der Waals surface area contributed by atoms with Crippen LogP contribution >= 0.6 is 0 Å². The highest BCUT2D eigenvalue weighted by Crippen LogP contribution is 2.16. The summed E-state index contributed by atoms with van der Waals surface area (Å²) in [5.74, 6) is 0.349. The highest BCUT2D eigenvalue weighted by atomic mass is 16.2. The zero-order valence-corrected chi connectivity index (χ0v) is 17.3. The van der Waals surface area contributed by atoms with Crippen LogP contribution in [-0.2, 0) is 24.4 Å². The molecule has 2 N–H and O–H groups in total. The van der Waals surface area contributed by atoms with E-state index in [1.807, 2.05) is 78.2 Å². The van der Waals surface area contributed by atoms with Crippen LogP contribution in [0.1, 0.15) is 27.3 Å². The number of benzene rings is 3. The Morgan fingerprint density at radius 1 is 0.839 bits per heavy atom. The Balaban J connectivity index is 1.48. The van der Waals surface area contributed by atoms with Crippen molar-refractivity contribution in [2.45, 2.75) is 26.6 Å². The highest BCUT2D eigenvalue weighted by molar-refractivity contribution is 5.94. The monoisotopic (exact) mass is 412 g/mol. The van der Waals surface area contributed by atoms with Gasteiger partial charge in [0, 0.05) is 12.1 Å². The largest absolute Gasteiger partial charge is 0.350 e. The fraction of sp³-hybridized carbons (Fsp3) is 0.160. The van der Waals surface area contributed by atoms with Crippen LogP contribution in [0, 0.1) is 6.92 Å². The minimum atomic E-state index is -0.174. The van der Waals surface area contributed by atoms with E-state index >= 15 is 0 Å². The first kappa shape index (κ1) is 20.3. The average molecular weight is 412 g/mol. The molecule has 4 rings (SSSR count). The molecule has 6 heteroatoms. The molecule has 31 heavy (non-hydrogen) atoms. The number of fused-ring (bicyclic) bond motifs is 1. The van der Waals surface area contributed by atoms with Gasteiger partial charge in [-0.2, -0.15) is 0 Å². The van der Waals surface area contributed by atoms with E-state index in [4.69, 9.17) is 0 Å². The Morgan fingerprint density at radius 3 is 2.32 bits per heavy atom. The van der Waals surface area contributed by atoms with Gasteiger partial charge in [-0.05, 0) is 36.8 Å². The molecule has 6 nitrogen and oxygen atoms in total. The second-order valence-electron chi connectivity index (χ2n) is 7.41. The molecule has 0 aliphatic carbocycles. The van der Waals surface area contributed by atoms with E-state index in [1.54, 1.807) is 12.1 Å². The summed E-state index contributed by atoms with van der Waals surface area (Å²) < 4.78 is 1.85. The molecule has 0 fully saturated rings. The van der Waals surface area contributed by atoms with Gasteiger partial charge < -0.3 is 15.2 Å². The number of nitrogens with one attached hydrogen (secondary N) is 2. The molecule has 156 valence electrons. The fourth-order valence-corrected chi connectivity index (χ4v) is 3.40. The Morgan fingerprint density at radius 2 is 1.55 bits per heavy atom. The summed E-state index contributed by atoms with van der Waals surface area (Å²) >= 11 is 0. The summed E-state index contributed by atoms with van der Waals surface area (Å²) in [6.07, 6.45) is 0. The zero-order chi connectivity index (χ0) is 21.6. The van der Waals surface area contributed by atoms with Crippen molar-refractivity contribution in [3.8, 4) is 0 Å². The molecule has 1 aromatic heterocycles. The van der Waals surface area contributed by atoms with E-state index in [2.05, 4.69) is 15.6 Å². The van der Waals surface area contributed by atoms with Crippen molar-refractivity contribution in [1.29, 1.82) is 0 Å². The van der Waals surface area contributed by atoms with Crippen molar-refractivity contribution in [1.82, 2.24) is 20.2 Å². The van der Waals surface area contributed by atoms with Crippen LogP contribution in [0.5, 0.6) is 0 Å². The Kier molecular flexibility index (Phi) is 6.08. The van der Waals surface area contributed by atoms with E-state index < -0.39 is 0 Å². The van der Waals surface area contributed by atoms with E-state index in [0.717, 1.165) is 22.2 Å². The second-order valence-corrected chi connectivity index (χ2v) is 7.41. The first-order chi connectivity index (χ1) is 15.1. The summed E-state index contributed by atoms with van der Waals surface area (Å²) in [4.78, 5) is 29.8. The van der Waals surface area contributed by atoms with Crippen molar-refractivity contribution in [2.75, 3.05) is 0 Å². The summed E-state index contributed by atoms with van der Waals surface area (Å²) in [6.45, 7) is 2.80. The third kappa shape index (κ3) is 4.98. The van der Waals surface area contributed by atoms with Crippen molar-refractivity contribution in [2.24, 2.45) is 0 Å². The number of imidazole rings is 1. The quantitative estimate of drug-likeness (QED) is 0.487. The molecule has 0 aliphatic rings. The van der Waals surface area contributed by atoms with Crippen LogP contribution in [0.2, 0.25) is 0 Å². The zero-order valence-electron chi connectivity index (χ0n) is 17.3. The lowest BCUT2D eigenvalue weighted by Crippen LogP contribution is -2.29. The van der Waals surface area contributed by atoms with Crippen LogP contribution in [-0.4, -0.2) is 21.4 Å². The number of carbonyl (C=O) groups excluding carboxylic acids is 2. The number of carbonyl (C=O) groups is 2. The molecular weight excluding hydrogens is 388 g/mol. The number of aryl methyl sites for hydroxylation is 1. The number of aromatic nitrogens is 2. The molecule has 0 spiro atoms. The van der Waals surface area contributed by atoms with Gasteiger partial charge in [0.05, 0.1) is 17.6 Å². The lowest BCUT2D eigenvalue weighted by atomic mass is 10.1. The summed E-state index contributed by atoms with van der Waals surface area (Å²) in [5.41, 5.74) is 4.38. The topological polar surface area (TPSA) is 76.0 Å². The number of hydrogen-bond donors (Lipinski definition) is 2. The molecule has 4 aromatic rings. The summed E-state index contributed by atoms with van der Waals surface area (Å²) in [7, 11) is 0. The minimum absolute atomic E-state index is 0.113. The number of nitrogens with zero attached hydrogens (tertiary/aromatic N) is 2. The van der Waals surface area contributed by atoms with Gasteiger partial charge in [0.25, 0.3) is 5.91 Å². The molecule has 0 saturated carbocycles. The van der Waals surface area contributed by atoms with E-state index in [1.165, 1.54) is 0 Å². The number of hydrogen-bond acceptors (Lipinski definition) is 3. The second kappa shape index (κ2) is 9.26. The standard InChI is InChI=1S/C25H24N4O2/c1-18-11-13-20(14-12-18)25(31)27-16-23-28-21-9-5-6-10-22(21)29(23)17-24(30)26-15-19-7-3-2-4-8-19/h2-14H,15-17H2,1H3,(H,26,30)(H,27,31). The molecule has 0 radical (unpaired) electrons. The summed E-state index contributed by atoms with van der Waals surface area (Å²) in [5, 5.41) is 5.86. The first-order valence-corrected chi connectivity index (χ1v) is 10.2. The normalized spacial score (nSPS) is 10.7. The van der Waals surface area contributed by atoms with E-state index in [9.17, 15) is 9.59 Å². The first-order valence-electron chi connectivity index (χ1n) is 10.2. The van der Waals surface area contributed by atoms with Gasteiger partial charge in [-0.25, -0.2) is 4.98 Å². The lowest BCUT2D eigenvalue weighted by molar-refractivity contribution is -0.121. The number of para-hydroxylation sites is 2. The third-order valence-electron chi connectivity index (χ3n) is 5.09. The Bertz CT molecular complexity index is 1200. The molecule has 1 heterocycles. The maximum absolute atomic E-state index is 12.6. The predicted molar refractivity (Wildman–Crippen MR) is 120 cm³/mol. The van der Waals surface area contributed by atoms with Gasteiger partial charge in [-0.15, -0.1) is 0 Å². The van der Waals surface area contributed by atoms with Crippen LogP contribution in [0.15, 0.2) is 78.9 Å². The molecule has 3 aromatic carbocycles. The maximum atomic E-state index is 12.6. The minimum Gasteiger partial charge on any atom is -0.350 e. The van der Waals surface area contributed by atoms with Gasteiger partial charge in [-0.1, -0.05) is 60.2 Å². The average Bonchev–Trinajstić information content (AvgIpc) is 3.14. The van der Waals surface area contributed by atoms with Gasteiger partial charge >= 0.3 is 0 Å². The fourth-order valence-electron chi connectivity index (χ4n) is 3.40. The molecule has 0 aliphatic heterocycles. The number of amides is 2. The molecular formula is C25H24N4O2. The van der Waals surface area contributed by atoms with Crippen molar-refractivity contribution >= 4 is 22.8 Å². The van der Waals surface area contributed by atoms with Gasteiger partial charge in [-0.3, -0.25) is 9.59 Å². The maximum Gasteiger partial charge on any atom is 0.251 e. The van der Waals surface area contributed by atoms with Gasteiger partial charge in [0.15, 0.2) is 0 Å². The van der Waals surface area contributed by atoms with Crippen LogP contribution < -0.4 is 10.6 Å². The van der Waals surface area contributed by atoms with Gasteiger partial charge in [0.1, 0.15) is 12.4 Å². The molecule has 0 atom stereocenters. The van der Waals surface area contributed by atoms with Crippen molar-refractivity contribution < 1.29 is 9.59 Å². The van der Waals surface area contributed by atoms with E-state index in [0.29, 0.717) is 17.9 Å². The van der Waals surface area contributed by atoms with Crippen LogP contribution in [0.25, 0.3) is 11.0 Å². The predicted octanol–water partition coefficient (Wildman–Crippen LogP) is 3.59. The Hall–Kier alpha value is -3.93. The lowest BCUT2D eigenvalue weighted by Gasteiger charge is -2.11. The van der Waals surface area contributed by atoms with Crippen LogP contribution in [0.4, 0.5) is 0 Å². The summed E-state index contributed by atoms with van der Waals surface area (Å²) in [6, 6.07) is 24.8. The highest BCUT2D eigenvalue weighted by Gasteiger charge is 2.15. The van der Waals surface area contributed by atoms with Crippen LogP contribution in [0.3, 0.4) is 0 Å². The van der Waals surface area contributed by atoms with Gasteiger partial charge in [0.2, 0.25) is 5.91 Å². The smallest absolute Gasteiger partial charge is 0.251 e. The SMILES string of the molecule is Cc1ccc(C(=O)NCc2nc3ccccc3n2CC(=O)NCc2ccccc2)cc1.